The average molecular weight is 193 g/mol. The molecule has 3 N–H and O–H groups in total. The molecule has 12 heavy (non-hydrogen) atoms. The number of nitrogens with one attached hydrogen (secondary N) is 1. The van der Waals surface area contributed by atoms with Crippen molar-refractivity contribution in [2.75, 3.05) is 32.1 Å². The molecule has 0 aliphatic heterocycles. The van der Waals surface area contributed by atoms with Gasteiger partial charge in [-0.15, -0.1) is 0 Å². The molecular weight excluding hydrogens is 178 g/mol. The summed E-state index contributed by atoms with van der Waals surface area (Å²) in [4.78, 5) is 1.70. The van der Waals surface area contributed by atoms with E-state index in [0.717, 1.165) is 0 Å². The molecule has 0 heterocycles. The monoisotopic (exact) mass is 193 g/mol. The molecule has 0 aliphatic rings. The summed E-state index contributed by atoms with van der Waals surface area (Å²) >= 11 is 0. The highest BCUT2D eigenvalue weighted by atomic mass is 32.2. The first-order valence-corrected chi connectivity index (χ1v) is 5.56. The minimum atomic E-state index is -2.91. The van der Waals surface area contributed by atoms with E-state index in [1.807, 2.05) is 0 Å². The third kappa shape index (κ3) is 7.49. The summed E-state index contributed by atoms with van der Waals surface area (Å²) in [5.74, 6) is 0.155. The van der Waals surface area contributed by atoms with Crippen LogP contribution in [0.15, 0.2) is 0 Å². The lowest BCUT2D eigenvalue weighted by Gasteiger charge is -2.14. The number of likely N-dealkylation sites (N-methyl/N-ethyl adjacent to an activating group) is 1. The maximum atomic E-state index is 10.7. The van der Waals surface area contributed by atoms with E-state index in [2.05, 4.69) is 0 Å². The van der Waals surface area contributed by atoms with Crippen LogP contribution in [0.25, 0.3) is 0 Å². The van der Waals surface area contributed by atoms with Gasteiger partial charge in [0, 0.05) is 12.8 Å². The molecule has 0 radical (unpaired) electrons. The molecule has 6 heteroatoms. The molecule has 0 aromatic heterocycles. The molecule has 0 aromatic rings. The van der Waals surface area contributed by atoms with Crippen molar-refractivity contribution < 1.29 is 8.42 Å². The maximum Gasteiger partial charge on any atom is 0.148 e. The van der Waals surface area contributed by atoms with Crippen molar-refractivity contribution >= 4 is 15.7 Å². The lowest BCUT2D eigenvalue weighted by Crippen LogP contribution is -2.33. The van der Waals surface area contributed by atoms with Gasteiger partial charge in [0.05, 0.1) is 12.3 Å². The molecule has 5 nitrogen and oxygen atoms in total. The molecule has 0 unspecified atom stereocenters. The summed E-state index contributed by atoms with van der Waals surface area (Å²) in [7, 11) is -1.18. The van der Waals surface area contributed by atoms with Crippen LogP contribution in [-0.4, -0.2) is 51.3 Å². The van der Waals surface area contributed by atoms with Crippen molar-refractivity contribution in [2.45, 2.75) is 0 Å². The predicted molar refractivity (Wildman–Crippen MR) is 49.1 cm³/mol. The molecule has 72 valence electrons. The molecular formula is C6H15N3O2S. The minimum absolute atomic E-state index is 0.0472. The lowest BCUT2D eigenvalue weighted by molar-refractivity contribution is 0.401. The van der Waals surface area contributed by atoms with E-state index in [1.54, 1.807) is 11.9 Å². The van der Waals surface area contributed by atoms with Crippen molar-refractivity contribution in [1.29, 1.82) is 5.41 Å². The van der Waals surface area contributed by atoms with Crippen molar-refractivity contribution in [3.8, 4) is 0 Å². The van der Waals surface area contributed by atoms with Gasteiger partial charge in [-0.3, -0.25) is 10.3 Å². The van der Waals surface area contributed by atoms with Gasteiger partial charge in [0.25, 0.3) is 0 Å². The van der Waals surface area contributed by atoms with Gasteiger partial charge in [-0.2, -0.15) is 0 Å². The molecule has 0 fully saturated rings. The van der Waals surface area contributed by atoms with Gasteiger partial charge in [0.2, 0.25) is 0 Å². The Morgan fingerprint density at radius 3 is 2.42 bits per heavy atom. The van der Waals surface area contributed by atoms with E-state index in [-0.39, 0.29) is 11.6 Å². The first kappa shape index (κ1) is 11.4. The zero-order chi connectivity index (χ0) is 9.78. The Balaban J connectivity index is 3.72. The Hall–Kier alpha value is -0.620. The van der Waals surface area contributed by atoms with E-state index >= 15 is 0 Å². The zero-order valence-corrected chi connectivity index (χ0v) is 8.19. The van der Waals surface area contributed by atoms with Gasteiger partial charge in [0.1, 0.15) is 15.7 Å². The molecule has 0 spiro atoms. The van der Waals surface area contributed by atoms with Gasteiger partial charge in [0.15, 0.2) is 0 Å². The second-order valence-electron chi connectivity index (χ2n) is 2.89. The smallest absolute Gasteiger partial charge is 0.148 e. The van der Waals surface area contributed by atoms with Crippen molar-refractivity contribution in [3.63, 3.8) is 0 Å². The second-order valence-corrected chi connectivity index (χ2v) is 5.15. The van der Waals surface area contributed by atoms with E-state index in [9.17, 15) is 8.42 Å². The summed E-state index contributed by atoms with van der Waals surface area (Å²) in [5, 5.41) is 6.95. The number of nitrogens with zero attached hydrogens (tertiary/aromatic N) is 1. The van der Waals surface area contributed by atoms with Crippen LogP contribution in [0.5, 0.6) is 0 Å². The standard InChI is InChI=1S/C6H15N3O2S/c1-9(5-6(7)8)3-4-12(2,10)11/h3-5H2,1-2H3,(H3,7,8). The Bertz CT molecular complexity index is 248. The van der Waals surface area contributed by atoms with Crippen LogP contribution in [0.1, 0.15) is 0 Å². The molecule has 0 aliphatic carbocycles. The summed E-state index contributed by atoms with van der Waals surface area (Å²) in [5.41, 5.74) is 5.12. The van der Waals surface area contributed by atoms with Crippen molar-refractivity contribution in [3.05, 3.63) is 0 Å². The lowest BCUT2D eigenvalue weighted by atomic mass is 10.5. The van der Waals surface area contributed by atoms with E-state index in [0.29, 0.717) is 13.1 Å². The van der Waals surface area contributed by atoms with Gasteiger partial charge in [-0.25, -0.2) is 8.42 Å². The van der Waals surface area contributed by atoms with E-state index < -0.39 is 9.84 Å². The fourth-order valence-corrected chi connectivity index (χ4v) is 1.33. The molecule has 0 saturated carbocycles. The van der Waals surface area contributed by atoms with Crippen LogP contribution in [0.2, 0.25) is 0 Å². The third-order valence-corrected chi connectivity index (χ3v) is 2.21. The van der Waals surface area contributed by atoms with E-state index in [4.69, 9.17) is 11.1 Å². The van der Waals surface area contributed by atoms with Crippen molar-refractivity contribution in [1.82, 2.24) is 4.90 Å². The quantitative estimate of drug-likeness (QED) is 0.428. The highest BCUT2D eigenvalue weighted by Crippen LogP contribution is 1.86. The van der Waals surface area contributed by atoms with Gasteiger partial charge >= 0.3 is 0 Å². The van der Waals surface area contributed by atoms with Crippen LogP contribution in [-0.2, 0) is 9.84 Å². The van der Waals surface area contributed by atoms with Gasteiger partial charge in [-0.05, 0) is 7.05 Å². The molecule has 0 saturated heterocycles. The summed E-state index contributed by atoms with van der Waals surface area (Å²) in [6.07, 6.45) is 1.19. The Morgan fingerprint density at radius 1 is 1.58 bits per heavy atom. The average Bonchev–Trinajstić information content (AvgIpc) is 1.80. The molecule has 0 rings (SSSR count). The van der Waals surface area contributed by atoms with Crippen LogP contribution in [0, 0.1) is 5.41 Å². The number of amidine groups is 1. The third-order valence-electron chi connectivity index (χ3n) is 1.28. The number of hydrogen-bond acceptors (Lipinski definition) is 4. The number of sulfone groups is 1. The zero-order valence-electron chi connectivity index (χ0n) is 7.37. The van der Waals surface area contributed by atoms with Gasteiger partial charge < -0.3 is 5.73 Å². The fraction of sp³-hybridized carbons (Fsp3) is 0.833. The number of rotatable bonds is 5. The Labute approximate surface area is 73.0 Å². The molecule has 0 amide bonds. The first-order chi connectivity index (χ1) is 5.31. The van der Waals surface area contributed by atoms with Crippen LogP contribution in [0.3, 0.4) is 0 Å². The topological polar surface area (TPSA) is 87.2 Å². The first-order valence-electron chi connectivity index (χ1n) is 3.50. The Morgan fingerprint density at radius 2 is 2.08 bits per heavy atom. The number of hydrogen-bond donors (Lipinski definition) is 2. The number of nitrogens with two attached hydrogens (primary N) is 1. The van der Waals surface area contributed by atoms with Crippen LogP contribution >= 0.6 is 0 Å². The van der Waals surface area contributed by atoms with Gasteiger partial charge in [-0.1, -0.05) is 0 Å². The van der Waals surface area contributed by atoms with Crippen molar-refractivity contribution in [2.24, 2.45) is 5.73 Å². The molecule has 0 atom stereocenters. The maximum absolute atomic E-state index is 10.7. The summed E-state index contributed by atoms with van der Waals surface area (Å²) < 4.78 is 21.4. The minimum Gasteiger partial charge on any atom is -0.387 e. The molecule has 0 aromatic carbocycles. The SMILES string of the molecule is CN(CCS(C)(=O)=O)CC(=N)N. The highest BCUT2D eigenvalue weighted by molar-refractivity contribution is 7.90. The second kappa shape index (κ2) is 4.42. The highest BCUT2D eigenvalue weighted by Gasteiger charge is 2.05. The summed E-state index contributed by atoms with van der Waals surface area (Å²) in [6.45, 7) is 0.730. The van der Waals surface area contributed by atoms with Crippen LogP contribution < -0.4 is 5.73 Å². The Kier molecular flexibility index (Phi) is 4.19. The fourth-order valence-electron chi connectivity index (χ4n) is 0.692. The normalized spacial score (nSPS) is 11.9. The van der Waals surface area contributed by atoms with Crippen LogP contribution in [0.4, 0.5) is 0 Å². The largest absolute Gasteiger partial charge is 0.387 e. The van der Waals surface area contributed by atoms with E-state index in [1.165, 1.54) is 6.26 Å². The predicted octanol–water partition coefficient (Wildman–Crippen LogP) is -1.10. The molecule has 0 bridgehead atoms. The summed E-state index contributed by atoms with van der Waals surface area (Å²) in [6, 6.07) is 0.